The number of likely N-dealkylation sites (tertiary alicyclic amines) is 1. The molecule has 150 valence electrons. The molecule has 5 atom stereocenters. The first-order chi connectivity index (χ1) is 12.6. The van der Waals surface area contributed by atoms with Crippen LogP contribution in [-0.4, -0.2) is 55.4 Å². The summed E-state index contributed by atoms with van der Waals surface area (Å²) in [4.78, 5) is 7.18. The number of nitrogens with one attached hydrogen (secondary N) is 1. The van der Waals surface area contributed by atoms with Crippen molar-refractivity contribution in [1.82, 2.24) is 10.2 Å². The van der Waals surface area contributed by atoms with Crippen LogP contribution >= 0.6 is 24.0 Å². The third-order valence-electron chi connectivity index (χ3n) is 5.74. The number of rotatable bonds is 5. The van der Waals surface area contributed by atoms with E-state index in [-0.39, 0.29) is 35.9 Å². The second-order valence-corrected chi connectivity index (χ2v) is 7.60. The molecule has 3 aliphatic heterocycles. The highest BCUT2D eigenvalue weighted by Gasteiger charge is 2.53. The number of aliphatic imine (C=N–C) groups is 1. The monoisotopic (exact) mass is 489 g/mol. The van der Waals surface area contributed by atoms with Crippen LogP contribution in [0, 0.1) is 17.7 Å². The molecule has 0 amide bonds. The predicted octanol–water partition coefficient (Wildman–Crippen LogP) is 3.29. The molecule has 3 heterocycles. The maximum absolute atomic E-state index is 13.0. The average Bonchev–Trinajstić information content (AvgIpc) is 3.33. The third kappa shape index (κ3) is 4.50. The van der Waals surface area contributed by atoms with E-state index in [0.717, 1.165) is 25.6 Å². The maximum Gasteiger partial charge on any atom is 0.194 e. The van der Waals surface area contributed by atoms with Gasteiger partial charge < -0.3 is 19.7 Å². The van der Waals surface area contributed by atoms with Gasteiger partial charge in [0, 0.05) is 31.5 Å². The number of hydrogen-bond donors (Lipinski definition) is 1. The molecule has 2 bridgehead atoms. The van der Waals surface area contributed by atoms with E-state index < -0.39 is 0 Å². The van der Waals surface area contributed by atoms with Crippen LogP contribution in [0.5, 0.6) is 5.75 Å². The average molecular weight is 489 g/mol. The Morgan fingerprint density at radius 2 is 1.89 bits per heavy atom. The molecule has 1 aromatic rings. The van der Waals surface area contributed by atoms with E-state index in [2.05, 4.69) is 17.1 Å². The molecular weight excluding hydrogens is 460 g/mol. The van der Waals surface area contributed by atoms with Crippen LogP contribution in [-0.2, 0) is 4.74 Å². The van der Waals surface area contributed by atoms with E-state index in [9.17, 15) is 4.39 Å². The topological polar surface area (TPSA) is 46.1 Å². The summed E-state index contributed by atoms with van der Waals surface area (Å²) in [5, 5.41) is 3.42. The van der Waals surface area contributed by atoms with Crippen molar-refractivity contribution in [1.29, 1.82) is 0 Å². The molecule has 3 fully saturated rings. The normalized spacial score (nSPS) is 30.0. The van der Waals surface area contributed by atoms with Gasteiger partial charge in [-0.1, -0.05) is 0 Å². The highest BCUT2D eigenvalue weighted by atomic mass is 127. The third-order valence-corrected chi connectivity index (χ3v) is 5.74. The molecule has 0 spiro atoms. The molecule has 1 N–H and O–H groups in total. The van der Waals surface area contributed by atoms with Gasteiger partial charge >= 0.3 is 0 Å². The van der Waals surface area contributed by atoms with Crippen molar-refractivity contribution in [2.45, 2.75) is 45.0 Å². The first kappa shape index (κ1) is 20.6. The zero-order valence-corrected chi connectivity index (χ0v) is 18.3. The minimum atomic E-state index is -0.255. The second-order valence-electron chi connectivity index (χ2n) is 7.60. The fourth-order valence-electron chi connectivity index (χ4n) is 4.56. The summed E-state index contributed by atoms with van der Waals surface area (Å²) in [5.41, 5.74) is 0. The summed E-state index contributed by atoms with van der Waals surface area (Å²) in [6.45, 7) is 7.56. The maximum atomic E-state index is 13.0. The Balaban J connectivity index is 0.00000210. The lowest BCUT2D eigenvalue weighted by Gasteiger charge is -2.24. The SMILES string of the molecule is CCNC(=NCC(C)Oc1ccc(F)cc1)N1CC2C3CCC(O3)C2C1.I. The van der Waals surface area contributed by atoms with Crippen molar-refractivity contribution < 1.29 is 13.9 Å². The smallest absolute Gasteiger partial charge is 0.194 e. The Morgan fingerprint density at radius 3 is 2.48 bits per heavy atom. The van der Waals surface area contributed by atoms with Crippen molar-refractivity contribution in [2.24, 2.45) is 16.8 Å². The molecule has 0 saturated carbocycles. The molecule has 5 unspecified atom stereocenters. The van der Waals surface area contributed by atoms with Gasteiger partial charge in [0.25, 0.3) is 0 Å². The summed E-state index contributed by atoms with van der Waals surface area (Å²) in [7, 11) is 0. The van der Waals surface area contributed by atoms with Crippen LogP contribution in [0.3, 0.4) is 0 Å². The largest absolute Gasteiger partial charge is 0.489 e. The van der Waals surface area contributed by atoms with Crippen LogP contribution < -0.4 is 10.1 Å². The number of nitrogens with zero attached hydrogens (tertiary/aromatic N) is 2. The highest BCUT2D eigenvalue weighted by molar-refractivity contribution is 14.0. The van der Waals surface area contributed by atoms with E-state index in [1.807, 2.05) is 6.92 Å². The van der Waals surface area contributed by atoms with Gasteiger partial charge in [-0.25, -0.2) is 9.38 Å². The number of hydrogen-bond acceptors (Lipinski definition) is 3. The fraction of sp³-hybridized carbons (Fsp3) is 0.650. The Labute approximate surface area is 177 Å². The van der Waals surface area contributed by atoms with Crippen LogP contribution in [0.15, 0.2) is 29.3 Å². The van der Waals surface area contributed by atoms with E-state index in [1.165, 1.54) is 25.0 Å². The minimum Gasteiger partial charge on any atom is -0.489 e. The Hall–Kier alpha value is -1.09. The zero-order valence-electron chi connectivity index (χ0n) is 15.9. The summed E-state index contributed by atoms with van der Waals surface area (Å²) < 4.78 is 24.9. The highest BCUT2D eigenvalue weighted by Crippen LogP contribution is 2.47. The molecule has 5 nitrogen and oxygen atoms in total. The molecule has 0 aromatic heterocycles. The standard InChI is InChI=1S/C20H28FN3O2.HI/c1-3-22-20(23-10-13(2)25-15-6-4-14(21)5-7-15)24-11-16-17(12-24)19-9-8-18(16)26-19;/h4-7,13,16-19H,3,8-12H2,1-2H3,(H,22,23);1H. The van der Waals surface area contributed by atoms with Crippen molar-refractivity contribution >= 4 is 29.9 Å². The molecule has 0 aliphatic carbocycles. The van der Waals surface area contributed by atoms with Crippen molar-refractivity contribution in [3.05, 3.63) is 30.1 Å². The van der Waals surface area contributed by atoms with Gasteiger partial charge in [0.05, 0.1) is 18.8 Å². The van der Waals surface area contributed by atoms with Crippen LogP contribution in [0.2, 0.25) is 0 Å². The Bertz CT molecular complexity index is 639. The molecular formula is C20H29FIN3O2. The van der Waals surface area contributed by atoms with Crippen molar-refractivity contribution in [3.63, 3.8) is 0 Å². The van der Waals surface area contributed by atoms with Crippen LogP contribution in [0.25, 0.3) is 0 Å². The minimum absolute atomic E-state index is 0. The van der Waals surface area contributed by atoms with E-state index in [4.69, 9.17) is 14.5 Å². The molecule has 4 rings (SSSR count). The lowest BCUT2D eigenvalue weighted by Crippen LogP contribution is -2.42. The first-order valence-corrected chi connectivity index (χ1v) is 9.75. The lowest BCUT2D eigenvalue weighted by atomic mass is 9.82. The lowest BCUT2D eigenvalue weighted by molar-refractivity contribution is 0.0767. The summed E-state index contributed by atoms with van der Waals surface area (Å²) in [6, 6.07) is 6.12. The molecule has 1 aromatic carbocycles. The van der Waals surface area contributed by atoms with Crippen molar-refractivity contribution in [2.75, 3.05) is 26.2 Å². The summed E-state index contributed by atoms with van der Waals surface area (Å²) in [6.07, 6.45) is 3.28. The predicted molar refractivity (Wildman–Crippen MR) is 114 cm³/mol. The Morgan fingerprint density at radius 1 is 1.26 bits per heavy atom. The van der Waals surface area contributed by atoms with E-state index >= 15 is 0 Å². The molecule has 0 radical (unpaired) electrons. The van der Waals surface area contributed by atoms with Gasteiger partial charge in [-0.3, -0.25) is 0 Å². The number of halogens is 2. The second kappa shape index (κ2) is 8.94. The Kier molecular flexibility index (Phi) is 6.83. The van der Waals surface area contributed by atoms with E-state index in [0.29, 0.717) is 36.3 Å². The fourth-order valence-corrected chi connectivity index (χ4v) is 4.56. The van der Waals surface area contributed by atoms with Crippen molar-refractivity contribution in [3.8, 4) is 5.75 Å². The quantitative estimate of drug-likeness (QED) is 0.392. The van der Waals surface area contributed by atoms with Gasteiger partial charge in [-0.15, -0.1) is 24.0 Å². The molecule has 3 aliphatic rings. The van der Waals surface area contributed by atoms with Gasteiger partial charge in [0.15, 0.2) is 5.96 Å². The first-order valence-electron chi connectivity index (χ1n) is 9.75. The molecule has 3 saturated heterocycles. The van der Waals surface area contributed by atoms with Gasteiger partial charge in [-0.2, -0.15) is 0 Å². The summed E-state index contributed by atoms with van der Waals surface area (Å²) in [5.74, 6) is 2.70. The number of ether oxygens (including phenoxy) is 2. The molecule has 27 heavy (non-hydrogen) atoms. The van der Waals surface area contributed by atoms with Crippen LogP contribution in [0.4, 0.5) is 4.39 Å². The molecule has 7 heteroatoms. The number of fused-ring (bicyclic) bond motifs is 5. The zero-order chi connectivity index (χ0) is 18.1. The van der Waals surface area contributed by atoms with Crippen LogP contribution in [0.1, 0.15) is 26.7 Å². The number of guanidine groups is 1. The van der Waals surface area contributed by atoms with Gasteiger partial charge in [-0.05, 0) is 51.0 Å². The van der Waals surface area contributed by atoms with Gasteiger partial charge in [0.2, 0.25) is 0 Å². The van der Waals surface area contributed by atoms with E-state index in [1.54, 1.807) is 12.1 Å². The van der Waals surface area contributed by atoms with Gasteiger partial charge in [0.1, 0.15) is 17.7 Å². The number of benzene rings is 1. The summed E-state index contributed by atoms with van der Waals surface area (Å²) >= 11 is 0.